The molecular formula is C22H23F4N3O4. The molecule has 3 rings (SSSR count). The molecule has 2 N–H and O–H groups in total. The van der Waals surface area contributed by atoms with E-state index >= 15 is 0 Å². The van der Waals surface area contributed by atoms with Crippen LogP contribution >= 0.6 is 0 Å². The third-order valence-electron chi connectivity index (χ3n) is 4.63. The first-order valence-electron chi connectivity index (χ1n) is 9.95. The largest absolute Gasteiger partial charge is 0.490 e. The van der Waals surface area contributed by atoms with Gasteiger partial charge in [0.15, 0.2) is 0 Å². The lowest BCUT2D eigenvalue weighted by molar-refractivity contribution is -0.192. The molecule has 178 valence electrons. The zero-order chi connectivity index (χ0) is 24.4. The molecule has 1 fully saturated rings. The predicted octanol–water partition coefficient (Wildman–Crippen LogP) is 2.53. The molecule has 0 aromatic heterocycles. The Hall–Kier alpha value is -3.47. The van der Waals surface area contributed by atoms with Gasteiger partial charge in [0.2, 0.25) is 5.91 Å². The van der Waals surface area contributed by atoms with Crippen molar-refractivity contribution in [1.82, 2.24) is 15.1 Å². The molecule has 0 aliphatic carbocycles. The molecule has 0 unspecified atom stereocenters. The van der Waals surface area contributed by atoms with Gasteiger partial charge in [0.25, 0.3) is 5.91 Å². The van der Waals surface area contributed by atoms with Gasteiger partial charge in [0.05, 0.1) is 0 Å². The molecule has 0 spiro atoms. The van der Waals surface area contributed by atoms with Crippen molar-refractivity contribution in [3.05, 3.63) is 71.5 Å². The summed E-state index contributed by atoms with van der Waals surface area (Å²) in [5.74, 6) is -3.37. The molecule has 1 aliphatic rings. The molecule has 2 amide bonds. The highest BCUT2D eigenvalue weighted by molar-refractivity contribution is 5.96. The normalized spacial score (nSPS) is 13.5. The first-order valence-corrected chi connectivity index (χ1v) is 9.95. The lowest BCUT2D eigenvalue weighted by atomic mass is 10.1. The van der Waals surface area contributed by atoms with Crippen LogP contribution in [-0.4, -0.2) is 71.6 Å². The number of hydrogen-bond donors (Lipinski definition) is 2. The minimum absolute atomic E-state index is 0.00506. The summed E-state index contributed by atoms with van der Waals surface area (Å²) >= 11 is 0. The minimum atomic E-state index is -5.08. The Morgan fingerprint density at radius 1 is 0.970 bits per heavy atom. The number of rotatable bonds is 5. The van der Waals surface area contributed by atoms with Crippen molar-refractivity contribution in [3.8, 4) is 0 Å². The van der Waals surface area contributed by atoms with Crippen molar-refractivity contribution in [2.45, 2.75) is 12.7 Å². The Morgan fingerprint density at radius 3 is 2.03 bits per heavy atom. The Kier molecular flexibility index (Phi) is 9.34. The van der Waals surface area contributed by atoms with Crippen LogP contribution < -0.4 is 5.32 Å². The van der Waals surface area contributed by atoms with Gasteiger partial charge in [-0.05, 0) is 29.8 Å². The van der Waals surface area contributed by atoms with Gasteiger partial charge in [-0.2, -0.15) is 13.2 Å². The number of carboxylic acid groups (broad SMARTS) is 1. The van der Waals surface area contributed by atoms with E-state index in [9.17, 15) is 27.2 Å². The highest BCUT2D eigenvalue weighted by atomic mass is 19.4. The summed E-state index contributed by atoms with van der Waals surface area (Å²) in [5, 5.41) is 10.3. The predicted molar refractivity (Wildman–Crippen MR) is 111 cm³/mol. The maximum absolute atomic E-state index is 13.2. The molecule has 1 saturated heterocycles. The lowest BCUT2D eigenvalue weighted by Crippen LogP contribution is -2.50. The topological polar surface area (TPSA) is 90.0 Å². The molecular weight excluding hydrogens is 446 g/mol. The standard InChI is InChI=1S/C20H22FN3O2.C2HF3O2/c21-18-8-6-16(7-9-18)14-24(20(26)17-4-2-1-3-5-17)15-19(25)23-12-10-22-11-13-23;3-2(4,5)1(6)7/h1-9,22H,10-15H2;(H,6,7). The van der Waals surface area contributed by atoms with E-state index in [4.69, 9.17) is 9.90 Å². The zero-order valence-electron chi connectivity index (χ0n) is 17.5. The van der Waals surface area contributed by atoms with Crippen LogP contribution in [0.3, 0.4) is 0 Å². The number of amides is 2. The average Bonchev–Trinajstić information content (AvgIpc) is 2.80. The summed E-state index contributed by atoms with van der Waals surface area (Å²) in [4.78, 5) is 37.7. The summed E-state index contributed by atoms with van der Waals surface area (Å²) in [7, 11) is 0. The van der Waals surface area contributed by atoms with Crippen LogP contribution in [-0.2, 0) is 16.1 Å². The molecule has 0 atom stereocenters. The van der Waals surface area contributed by atoms with E-state index in [1.54, 1.807) is 41.3 Å². The van der Waals surface area contributed by atoms with Crippen LogP contribution in [0.2, 0.25) is 0 Å². The van der Waals surface area contributed by atoms with Gasteiger partial charge in [-0.3, -0.25) is 9.59 Å². The maximum Gasteiger partial charge on any atom is 0.490 e. The number of nitrogens with one attached hydrogen (secondary N) is 1. The van der Waals surface area contributed by atoms with Gasteiger partial charge in [-0.15, -0.1) is 0 Å². The SMILES string of the molecule is O=C(CN(Cc1ccc(F)cc1)C(=O)c1ccccc1)N1CCNCC1.O=C(O)C(F)(F)F. The van der Waals surface area contributed by atoms with E-state index in [2.05, 4.69) is 5.32 Å². The van der Waals surface area contributed by atoms with E-state index in [0.717, 1.165) is 18.7 Å². The number of carbonyl (C=O) groups is 3. The summed E-state index contributed by atoms with van der Waals surface area (Å²) < 4.78 is 44.9. The highest BCUT2D eigenvalue weighted by Gasteiger charge is 2.38. The highest BCUT2D eigenvalue weighted by Crippen LogP contribution is 2.13. The number of hydrogen-bond acceptors (Lipinski definition) is 4. The molecule has 0 saturated carbocycles. The van der Waals surface area contributed by atoms with Crippen LogP contribution in [0.4, 0.5) is 17.6 Å². The molecule has 1 heterocycles. The van der Waals surface area contributed by atoms with Gasteiger partial charge in [-0.25, -0.2) is 9.18 Å². The van der Waals surface area contributed by atoms with E-state index in [-0.39, 0.29) is 30.7 Å². The second-order valence-electron chi connectivity index (χ2n) is 7.09. The number of aliphatic carboxylic acids is 1. The Bertz CT molecular complexity index is 931. The first kappa shape index (κ1) is 25.8. The smallest absolute Gasteiger partial charge is 0.475 e. The number of alkyl halides is 3. The molecule has 2 aromatic carbocycles. The molecule has 7 nitrogen and oxygen atoms in total. The Morgan fingerprint density at radius 2 is 1.52 bits per heavy atom. The van der Waals surface area contributed by atoms with Gasteiger partial charge in [-0.1, -0.05) is 30.3 Å². The second-order valence-corrected chi connectivity index (χ2v) is 7.09. The van der Waals surface area contributed by atoms with Gasteiger partial charge in [0, 0.05) is 38.3 Å². The van der Waals surface area contributed by atoms with Crippen molar-refractivity contribution in [1.29, 1.82) is 0 Å². The monoisotopic (exact) mass is 469 g/mol. The number of carboxylic acids is 1. The van der Waals surface area contributed by atoms with E-state index in [1.807, 2.05) is 6.07 Å². The van der Waals surface area contributed by atoms with Crippen molar-refractivity contribution < 1.29 is 37.1 Å². The zero-order valence-corrected chi connectivity index (χ0v) is 17.5. The van der Waals surface area contributed by atoms with Crippen molar-refractivity contribution >= 4 is 17.8 Å². The fourth-order valence-electron chi connectivity index (χ4n) is 2.95. The maximum atomic E-state index is 13.2. The third-order valence-corrected chi connectivity index (χ3v) is 4.63. The minimum Gasteiger partial charge on any atom is -0.475 e. The van der Waals surface area contributed by atoms with Crippen LogP contribution in [0.1, 0.15) is 15.9 Å². The van der Waals surface area contributed by atoms with Gasteiger partial charge >= 0.3 is 12.1 Å². The van der Waals surface area contributed by atoms with Crippen LogP contribution in [0, 0.1) is 5.82 Å². The summed E-state index contributed by atoms with van der Waals surface area (Å²) in [5.41, 5.74) is 1.31. The number of nitrogens with zero attached hydrogens (tertiary/aromatic N) is 2. The average molecular weight is 469 g/mol. The Balaban J connectivity index is 0.000000479. The summed E-state index contributed by atoms with van der Waals surface area (Å²) in [6.45, 7) is 3.06. The molecule has 33 heavy (non-hydrogen) atoms. The van der Waals surface area contributed by atoms with Crippen molar-refractivity contribution in [2.24, 2.45) is 0 Å². The third kappa shape index (κ3) is 8.53. The summed E-state index contributed by atoms with van der Waals surface area (Å²) in [6.07, 6.45) is -5.08. The Labute approximate surface area is 187 Å². The van der Waals surface area contributed by atoms with Crippen molar-refractivity contribution in [3.63, 3.8) is 0 Å². The van der Waals surface area contributed by atoms with E-state index < -0.39 is 12.1 Å². The lowest BCUT2D eigenvalue weighted by Gasteiger charge is -2.30. The van der Waals surface area contributed by atoms with E-state index in [0.29, 0.717) is 18.7 Å². The van der Waals surface area contributed by atoms with Gasteiger partial charge in [0.1, 0.15) is 12.4 Å². The van der Waals surface area contributed by atoms with E-state index in [1.165, 1.54) is 17.0 Å². The molecule has 1 aliphatic heterocycles. The fraction of sp³-hybridized carbons (Fsp3) is 0.318. The number of benzene rings is 2. The summed E-state index contributed by atoms with van der Waals surface area (Å²) in [6, 6.07) is 14.9. The molecule has 2 aromatic rings. The van der Waals surface area contributed by atoms with Crippen LogP contribution in [0.25, 0.3) is 0 Å². The fourth-order valence-corrected chi connectivity index (χ4v) is 2.95. The number of halogens is 4. The number of piperazine rings is 1. The second kappa shape index (κ2) is 12.0. The van der Waals surface area contributed by atoms with Crippen LogP contribution in [0.15, 0.2) is 54.6 Å². The molecule has 0 bridgehead atoms. The van der Waals surface area contributed by atoms with Gasteiger partial charge < -0.3 is 20.2 Å². The van der Waals surface area contributed by atoms with Crippen LogP contribution in [0.5, 0.6) is 0 Å². The quantitative estimate of drug-likeness (QED) is 0.657. The number of carbonyl (C=O) groups excluding carboxylic acids is 2. The molecule has 11 heteroatoms. The first-order chi connectivity index (χ1) is 15.6. The van der Waals surface area contributed by atoms with Crippen molar-refractivity contribution in [2.75, 3.05) is 32.7 Å². The molecule has 0 radical (unpaired) electrons.